The van der Waals surface area contributed by atoms with E-state index < -0.39 is 23.6 Å². The molecule has 0 saturated carbocycles. The van der Waals surface area contributed by atoms with Crippen LogP contribution in [0.5, 0.6) is 0 Å². The van der Waals surface area contributed by atoms with E-state index >= 15 is 0 Å². The van der Waals surface area contributed by atoms with Crippen molar-refractivity contribution in [2.24, 2.45) is 0 Å². The summed E-state index contributed by atoms with van der Waals surface area (Å²) in [5, 5.41) is 8.33. The molecule has 3 heterocycles. The van der Waals surface area contributed by atoms with Gasteiger partial charge in [-0.1, -0.05) is 29.8 Å². The van der Waals surface area contributed by atoms with Crippen molar-refractivity contribution in [3.63, 3.8) is 0 Å². The van der Waals surface area contributed by atoms with Crippen LogP contribution in [0.15, 0.2) is 72.9 Å². The average Bonchev–Trinajstić information content (AvgIpc) is 3.34. The molecule has 0 aliphatic carbocycles. The molecule has 10 heteroatoms. The van der Waals surface area contributed by atoms with Gasteiger partial charge in [-0.15, -0.1) is 0 Å². The summed E-state index contributed by atoms with van der Waals surface area (Å²) in [5.41, 5.74) is 3.48. The summed E-state index contributed by atoms with van der Waals surface area (Å²) >= 11 is 6.17. The van der Waals surface area contributed by atoms with Crippen molar-refractivity contribution < 1.29 is 18.7 Å². The first-order valence-electron chi connectivity index (χ1n) is 13.5. The van der Waals surface area contributed by atoms with E-state index in [1.54, 1.807) is 55.9 Å². The van der Waals surface area contributed by atoms with Crippen LogP contribution in [0.1, 0.15) is 66.7 Å². The van der Waals surface area contributed by atoms with E-state index in [1.807, 2.05) is 43.3 Å². The molecule has 5 rings (SSSR count). The number of aromatic nitrogens is 3. The molecule has 1 atom stereocenters. The minimum Gasteiger partial charge on any atom is -0.444 e. The van der Waals surface area contributed by atoms with Crippen LogP contribution in [-0.4, -0.2) is 43.8 Å². The first-order chi connectivity index (χ1) is 20.0. The Balaban J connectivity index is 1.65. The highest BCUT2D eigenvalue weighted by Gasteiger charge is 2.35. The monoisotopic (exact) mass is 587 g/mol. The van der Waals surface area contributed by atoms with Gasteiger partial charge in [-0.05, 0) is 93.4 Å². The van der Waals surface area contributed by atoms with E-state index in [0.717, 1.165) is 5.56 Å². The number of nitrogens with zero attached hydrogens (tertiary/aromatic N) is 4. The predicted octanol–water partition coefficient (Wildman–Crippen LogP) is 6.84. The fourth-order valence-electron chi connectivity index (χ4n) is 4.71. The van der Waals surface area contributed by atoms with Crippen LogP contribution < -0.4 is 5.32 Å². The Morgan fingerprint density at radius 3 is 2.40 bits per heavy atom. The zero-order valence-corrected chi connectivity index (χ0v) is 24.5. The van der Waals surface area contributed by atoms with E-state index in [2.05, 4.69) is 10.3 Å². The van der Waals surface area contributed by atoms with E-state index in [4.69, 9.17) is 21.4 Å². The van der Waals surface area contributed by atoms with Gasteiger partial charge < -0.3 is 10.1 Å². The van der Waals surface area contributed by atoms with Gasteiger partial charge in [0.15, 0.2) is 5.69 Å². The molecule has 0 fully saturated rings. The number of carbonyl (C=O) groups is 2. The highest BCUT2D eigenvalue weighted by atomic mass is 35.5. The molecule has 2 aromatic heterocycles. The number of hydrogen-bond acceptors (Lipinski definition) is 5. The fraction of sp³-hybridized carbons (Fsp3) is 0.250. The number of benzene rings is 2. The predicted molar refractivity (Wildman–Crippen MR) is 160 cm³/mol. The van der Waals surface area contributed by atoms with Crippen molar-refractivity contribution in [3.05, 3.63) is 112 Å². The third kappa shape index (κ3) is 6.52. The first-order valence-corrected chi connectivity index (χ1v) is 13.9. The van der Waals surface area contributed by atoms with Crippen LogP contribution in [-0.2, 0) is 11.3 Å². The number of pyridine rings is 1. The molecule has 1 aliphatic heterocycles. The minimum absolute atomic E-state index is 0.0965. The van der Waals surface area contributed by atoms with Gasteiger partial charge >= 0.3 is 6.09 Å². The third-order valence-electron chi connectivity index (χ3n) is 6.63. The Bertz CT molecular complexity index is 1630. The summed E-state index contributed by atoms with van der Waals surface area (Å²) in [4.78, 5) is 33.0. The molecule has 2 aromatic carbocycles. The average molecular weight is 588 g/mol. The van der Waals surface area contributed by atoms with Crippen LogP contribution in [0.4, 0.5) is 9.18 Å². The summed E-state index contributed by atoms with van der Waals surface area (Å²) < 4.78 is 21.1. The summed E-state index contributed by atoms with van der Waals surface area (Å²) in [7, 11) is 0. The van der Waals surface area contributed by atoms with Gasteiger partial charge in [0.1, 0.15) is 11.4 Å². The number of carbonyl (C=O) groups excluding carboxylic acids is 2. The Morgan fingerprint density at radius 1 is 1.05 bits per heavy atom. The summed E-state index contributed by atoms with van der Waals surface area (Å²) in [6.45, 7) is 7.52. The maximum absolute atomic E-state index is 13.8. The molecule has 0 spiro atoms. The Kier molecular flexibility index (Phi) is 8.13. The fourth-order valence-corrected chi connectivity index (χ4v) is 4.84. The highest BCUT2D eigenvalue weighted by Crippen LogP contribution is 2.35. The maximum Gasteiger partial charge on any atom is 0.410 e. The Labute approximate surface area is 248 Å². The lowest BCUT2D eigenvalue weighted by Crippen LogP contribution is -2.40. The number of amides is 2. The second kappa shape index (κ2) is 11.8. The van der Waals surface area contributed by atoms with E-state index in [9.17, 15) is 14.0 Å². The van der Waals surface area contributed by atoms with Crippen molar-refractivity contribution >= 4 is 35.3 Å². The molecule has 1 unspecified atom stereocenters. The standard InChI is InChI=1S/C32H31ClFN5O3/c1-20(27-7-5-6-16-35-27)36-30(40)28-26-19-38(31(41)42-32(2,3)4)18-22(17-21-8-12-24(34)13-9-21)29(26)39(37-28)25-14-10-23(33)11-15-25/h5-17,20H,18-19H2,1-4H3,(H,36,40)/b22-17+. The summed E-state index contributed by atoms with van der Waals surface area (Å²) in [6, 6.07) is 18.3. The van der Waals surface area contributed by atoms with E-state index in [-0.39, 0.29) is 24.6 Å². The number of halogens is 2. The number of rotatable bonds is 5. The largest absolute Gasteiger partial charge is 0.444 e. The maximum atomic E-state index is 13.8. The first kappa shape index (κ1) is 29.0. The zero-order valence-electron chi connectivity index (χ0n) is 23.8. The molecular weight excluding hydrogens is 557 g/mol. The molecule has 0 radical (unpaired) electrons. The lowest BCUT2D eigenvalue weighted by molar-refractivity contribution is 0.0254. The minimum atomic E-state index is -0.718. The van der Waals surface area contributed by atoms with Crippen molar-refractivity contribution in [2.45, 2.75) is 45.9 Å². The molecule has 42 heavy (non-hydrogen) atoms. The quantitative estimate of drug-likeness (QED) is 0.276. The molecule has 2 amide bonds. The summed E-state index contributed by atoms with van der Waals surface area (Å²) in [5.74, 6) is -0.770. The molecule has 0 saturated heterocycles. The zero-order chi connectivity index (χ0) is 30.0. The lowest BCUT2D eigenvalue weighted by atomic mass is 9.97. The normalized spacial score (nSPS) is 14.8. The van der Waals surface area contributed by atoms with Crippen LogP contribution >= 0.6 is 11.6 Å². The van der Waals surface area contributed by atoms with Gasteiger partial charge in [-0.2, -0.15) is 5.10 Å². The van der Waals surface area contributed by atoms with Crippen molar-refractivity contribution in [1.29, 1.82) is 0 Å². The number of hydrogen-bond donors (Lipinski definition) is 1. The Morgan fingerprint density at radius 2 is 1.76 bits per heavy atom. The second-order valence-electron chi connectivity index (χ2n) is 11.1. The molecule has 1 aliphatic rings. The van der Waals surface area contributed by atoms with Gasteiger partial charge in [0, 0.05) is 16.8 Å². The molecule has 4 aromatic rings. The van der Waals surface area contributed by atoms with Crippen LogP contribution in [0.25, 0.3) is 17.3 Å². The van der Waals surface area contributed by atoms with Crippen molar-refractivity contribution in [2.75, 3.05) is 6.54 Å². The van der Waals surface area contributed by atoms with Crippen molar-refractivity contribution in [3.8, 4) is 5.69 Å². The molecule has 8 nitrogen and oxygen atoms in total. The molecule has 1 N–H and O–H groups in total. The van der Waals surface area contributed by atoms with Gasteiger partial charge in [0.2, 0.25) is 0 Å². The SMILES string of the molecule is CC(NC(=O)c1nn(-c2ccc(Cl)cc2)c2c1CN(C(=O)OC(C)(C)C)C/C2=C\c1ccc(F)cc1)c1ccccn1. The van der Waals surface area contributed by atoms with E-state index in [0.29, 0.717) is 33.2 Å². The van der Waals surface area contributed by atoms with Crippen LogP contribution in [0.2, 0.25) is 5.02 Å². The number of nitrogens with one attached hydrogen (secondary N) is 1. The van der Waals surface area contributed by atoms with Crippen LogP contribution in [0.3, 0.4) is 0 Å². The van der Waals surface area contributed by atoms with Gasteiger partial charge in [-0.25, -0.2) is 13.9 Å². The topological polar surface area (TPSA) is 89.4 Å². The smallest absolute Gasteiger partial charge is 0.410 e. The molecular formula is C32H31ClFN5O3. The molecule has 0 bridgehead atoms. The van der Waals surface area contributed by atoms with Gasteiger partial charge in [0.25, 0.3) is 5.91 Å². The van der Waals surface area contributed by atoms with Crippen molar-refractivity contribution in [1.82, 2.24) is 25.0 Å². The van der Waals surface area contributed by atoms with Gasteiger partial charge in [-0.3, -0.25) is 14.7 Å². The van der Waals surface area contributed by atoms with Gasteiger partial charge in [0.05, 0.1) is 36.2 Å². The number of ether oxygens (including phenoxy) is 1. The van der Waals surface area contributed by atoms with E-state index in [1.165, 1.54) is 17.0 Å². The van der Waals surface area contributed by atoms with Crippen LogP contribution in [0, 0.1) is 5.82 Å². The summed E-state index contributed by atoms with van der Waals surface area (Å²) in [6.07, 6.45) is 3.01. The second-order valence-corrected chi connectivity index (χ2v) is 11.5. The number of fused-ring (bicyclic) bond motifs is 1. The highest BCUT2D eigenvalue weighted by molar-refractivity contribution is 6.30. The molecule has 216 valence electrons. The lowest BCUT2D eigenvalue weighted by Gasteiger charge is -2.32. The third-order valence-corrected chi connectivity index (χ3v) is 6.88. The Hall–Kier alpha value is -4.50.